The van der Waals surface area contributed by atoms with E-state index in [1.165, 1.54) is 31.7 Å². The molecule has 0 aliphatic heterocycles. The van der Waals surface area contributed by atoms with Crippen molar-refractivity contribution < 1.29 is 9.59 Å². The number of aryl methyl sites for hydroxylation is 1. The molecule has 0 heterocycles. The number of amides is 2. The minimum absolute atomic E-state index is 0.103. The van der Waals surface area contributed by atoms with Crippen LogP contribution in [-0.4, -0.2) is 29.3 Å². The van der Waals surface area contributed by atoms with Crippen LogP contribution < -0.4 is 5.32 Å². The van der Waals surface area contributed by atoms with E-state index < -0.39 is 0 Å². The van der Waals surface area contributed by atoms with Gasteiger partial charge in [-0.15, -0.1) is 0 Å². The van der Waals surface area contributed by atoms with Crippen LogP contribution in [0.3, 0.4) is 0 Å². The second kappa shape index (κ2) is 8.86. The van der Waals surface area contributed by atoms with Gasteiger partial charge < -0.3 is 10.2 Å². The van der Waals surface area contributed by atoms with Gasteiger partial charge in [-0.1, -0.05) is 49.1 Å². The summed E-state index contributed by atoms with van der Waals surface area (Å²) in [5, 5.41) is 2.94. The van der Waals surface area contributed by atoms with Crippen LogP contribution in [0, 0.1) is 6.92 Å². The number of hydrogen-bond donors (Lipinski definition) is 1. The monoisotopic (exact) mass is 330 g/mol. The molecule has 24 heavy (non-hydrogen) atoms. The molecule has 0 saturated heterocycles. The molecular weight excluding hydrogens is 300 g/mol. The molecule has 1 aromatic rings. The minimum atomic E-state index is -0.256. The molecular formula is C20H30N2O2. The number of rotatable bonds is 6. The molecule has 1 aliphatic carbocycles. The first-order valence-electron chi connectivity index (χ1n) is 9.14. The summed E-state index contributed by atoms with van der Waals surface area (Å²) in [6, 6.07) is 8.15. The van der Waals surface area contributed by atoms with Crippen molar-refractivity contribution in [1.29, 1.82) is 0 Å². The second-order valence-corrected chi connectivity index (χ2v) is 6.84. The predicted octanol–water partition coefficient (Wildman–Crippen LogP) is 3.74. The van der Waals surface area contributed by atoms with Crippen molar-refractivity contribution in [1.82, 2.24) is 10.2 Å². The van der Waals surface area contributed by atoms with Crippen LogP contribution in [0.2, 0.25) is 0 Å². The van der Waals surface area contributed by atoms with E-state index in [1.54, 1.807) is 0 Å². The van der Waals surface area contributed by atoms with E-state index in [1.807, 2.05) is 43.0 Å². The highest BCUT2D eigenvalue weighted by Gasteiger charge is 2.26. The second-order valence-electron chi connectivity index (χ2n) is 6.84. The number of nitrogens with one attached hydrogen (secondary N) is 1. The third kappa shape index (κ3) is 5.08. The van der Waals surface area contributed by atoms with Gasteiger partial charge in [-0.25, -0.2) is 0 Å². The normalized spacial score (nSPS) is 16.5. The van der Waals surface area contributed by atoms with Gasteiger partial charge in [-0.3, -0.25) is 9.59 Å². The summed E-state index contributed by atoms with van der Waals surface area (Å²) in [7, 11) is 0. The minimum Gasteiger partial charge on any atom is -0.349 e. The maximum absolute atomic E-state index is 12.9. The lowest BCUT2D eigenvalue weighted by Crippen LogP contribution is -2.43. The average molecular weight is 330 g/mol. The number of nitrogens with zero attached hydrogens (tertiary/aromatic N) is 1. The van der Waals surface area contributed by atoms with Gasteiger partial charge in [0.25, 0.3) is 0 Å². The lowest BCUT2D eigenvalue weighted by Gasteiger charge is -2.34. The summed E-state index contributed by atoms with van der Waals surface area (Å²) >= 11 is 0. The van der Waals surface area contributed by atoms with Crippen LogP contribution in [0.4, 0.5) is 0 Å². The first-order chi connectivity index (χ1) is 11.5. The first kappa shape index (κ1) is 18.5. The van der Waals surface area contributed by atoms with Gasteiger partial charge in [-0.2, -0.15) is 0 Å². The molecule has 1 atom stereocenters. The summed E-state index contributed by atoms with van der Waals surface area (Å²) in [5.74, 6) is 0.0396. The Morgan fingerprint density at radius 2 is 1.79 bits per heavy atom. The van der Waals surface area contributed by atoms with Gasteiger partial charge in [0.1, 0.15) is 0 Å². The van der Waals surface area contributed by atoms with E-state index in [-0.39, 0.29) is 17.9 Å². The Hall–Kier alpha value is -1.84. The molecule has 0 radical (unpaired) electrons. The Morgan fingerprint density at radius 3 is 2.33 bits per heavy atom. The summed E-state index contributed by atoms with van der Waals surface area (Å²) in [6.45, 7) is 6.32. The van der Waals surface area contributed by atoms with E-state index in [0.717, 1.165) is 24.9 Å². The molecule has 1 N–H and O–H groups in total. The zero-order chi connectivity index (χ0) is 17.5. The Balaban J connectivity index is 2.10. The van der Waals surface area contributed by atoms with Crippen LogP contribution in [-0.2, 0) is 9.59 Å². The van der Waals surface area contributed by atoms with Gasteiger partial charge in [0, 0.05) is 19.5 Å². The van der Waals surface area contributed by atoms with Crippen molar-refractivity contribution in [3.8, 4) is 0 Å². The molecule has 4 nitrogen and oxygen atoms in total. The van der Waals surface area contributed by atoms with E-state index in [4.69, 9.17) is 0 Å². The largest absolute Gasteiger partial charge is 0.349 e. The van der Waals surface area contributed by atoms with Crippen molar-refractivity contribution in [3.05, 3.63) is 35.4 Å². The van der Waals surface area contributed by atoms with E-state index in [0.29, 0.717) is 12.5 Å². The topological polar surface area (TPSA) is 49.4 Å². The van der Waals surface area contributed by atoms with Gasteiger partial charge in [-0.05, 0) is 32.3 Å². The number of benzene rings is 1. The zero-order valence-corrected chi connectivity index (χ0v) is 15.2. The van der Waals surface area contributed by atoms with Crippen LogP contribution in [0.25, 0.3) is 0 Å². The van der Waals surface area contributed by atoms with Crippen LogP contribution in [0.1, 0.15) is 69.5 Å². The van der Waals surface area contributed by atoms with E-state index >= 15 is 0 Å². The Kier molecular flexibility index (Phi) is 6.83. The molecule has 1 fully saturated rings. The summed E-state index contributed by atoms with van der Waals surface area (Å²) in [4.78, 5) is 26.5. The molecule has 1 unspecified atom stereocenters. The fourth-order valence-corrected chi connectivity index (χ4v) is 3.62. The van der Waals surface area contributed by atoms with Gasteiger partial charge in [0.15, 0.2) is 0 Å². The molecule has 0 aromatic heterocycles. The Morgan fingerprint density at radius 1 is 1.17 bits per heavy atom. The molecule has 1 aromatic carbocycles. The summed E-state index contributed by atoms with van der Waals surface area (Å²) in [5.41, 5.74) is 2.16. The maximum Gasteiger partial charge on any atom is 0.225 e. The molecule has 1 saturated carbocycles. The highest BCUT2D eigenvalue weighted by Crippen LogP contribution is 2.25. The molecule has 0 spiro atoms. The molecule has 1 aliphatic rings. The smallest absolute Gasteiger partial charge is 0.225 e. The third-order valence-electron chi connectivity index (χ3n) is 4.91. The average Bonchev–Trinajstić information content (AvgIpc) is 2.56. The standard InChI is InChI=1S/C20H30N2O2/c1-4-22(18-8-6-5-7-9-18)20(24)14-19(21-16(3)23)17-12-10-15(2)11-13-17/h10-13,18-19H,4-9,14H2,1-3H3,(H,21,23). The number of carbonyl (C=O) groups excluding carboxylic acids is 2. The number of carbonyl (C=O) groups is 2. The van der Waals surface area contributed by atoms with Crippen LogP contribution in [0.15, 0.2) is 24.3 Å². The van der Waals surface area contributed by atoms with Gasteiger partial charge in [0.05, 0.1) is 12.5 Å². The predicted molar refractivity (Wildman–Crippen MR) is 96.6 cm³/mol. The Bertz CT molecular complexity index is 547. The van der Waals surface area contributed by atoms with Gasteiger partial charge >= 0.3 is 0 Å². The third-order valence-corrected chi connectivity index (χ3v) is 4.91. The highest BCUT2D eigenvalue weighted by atomic mass is 16.2. The van der Waals surface area contributed by atoms with E-state index in [9.17, 15) is 9.59 Å². The van der Waals surface area contributed by atoms with Crippen molar-refractivity contribution >= 4 is 11.8 Å². The van der Waals surface area contributed by atoms with E-state index in [2.05, 4.69) is 5.32 Å². The fraction of sp³-hybridized carbons (Fsp3) is 0.600. The summed E-state index contributed by atoms with van der Waals surface area (Å²) in [6.07, 6.45) is 6.24. The quantitative estimate of drug-likeness (QED) is 0.864. The van der Waals surface area contributed by atoms with Crippen molar-refractivity contribution in [3.63, 3.8) is 0 Å². The summed E-state index contributed by atoms with van der Waals surface area (Å²) < 4.78 is 0. The van der Waals surface area contributed by atoms with Crippen molar-refractivity contribution in [2.45, 2.75) is 71.4 Å². The van der Waals surface area contributed by atoms with Crippen LogP contribution >= 0.6 is 0 Å². The lowest BCUT2D eigenvalue weighted by molar-refractivity contribution is -0.134. The zero-order valence-electron chi connectivity index (χ0n) is 15.2. The molecule has 0 bridgehead atoms. The van der Waals surface area contributed by atoms with Crippen LogP contribution in [0.5, 0.6) is 0 Å². The molecule has 132 valence electrons. The van der Waals surface area contributed by atoms with Crippen molar-refractivity contribution in [2.75, 3.05) is 6.54 Å². The molecule has 4 heteroatoms. The van der Waals surface area contributed by atoms with Crippen molar-refractivity contribution in [2.24, 2.45) is 0 Å². The van der Waals surface area contributed by atoms with Gasteiger partial charge in [0.2, 0.25) is 11.8 Å². The molecule has 2 rings (SSSR count). The maximum atomic E-state index is 12.9. The molecule has 2 amide bonds. The fourth-order valence-electron chi connectivity index (χ4n) is 3.62. The lowest BCUT2D eigenvalue weighted by atomic mass is 9.93. The number of hydrogen-bond acceptors (Lipinski definition) is 2. The SMILES string of the molecule is CCN(C(=O)CC(NC(C)=O)c1ccc(C)cc1)C1CCCCC1. The first-order valence-corrected chi connectivity index (χ1v) is 9.14. The highest BCUT2D eigenvalue weighted by molar-refractivity contribution is 5.79. The Labute approximate surface area is 145 Å².